The van der Waals surface area contributed by atoms with Gasteiger partial charge < -0.3 is 0 Å². The van der Waals surface area contributed by atoms with Gasteiger partial charge in [0.15, 0.2) is 5.78 Å². The van der Waals surface area contributed by atoms with Crippen LogP contribution in [-0.2, 0) is 17.7 Å². The number of Topliss-reactive ketones (excluding diaryl/α,β-unsaturated/α-hetero) is 1. The number of benzene rings is 2. The molecule has 1 unspecified atom stereocenters. The van der Waals surface area contributed by atoms with Gasteiger partial charge >= 0.3 is 0 Å². The van der Waals surface area contributed by atoms with Gasteiger partial charge in [0.1, 0.15) is 0 Å². The first kappa shape index (κ1) is 15.4. The first-order valence-electron chi connectivity index (χ1n) is 6.61. The Hall–Kier alpha value is -1.98. The number of anilines is 1. The summed E-state index contributed by atoms with van der Waals surface area (Å²) in [7, 11) is 0. The zero-order valence-electron chi connectivity index (χ0n) is 11.7. The van der Waals surface area contributed by atoms with Crippen LogP contribution in [0.3, 0.4) is 0 Å². The number of carbonyl (C=O) groups is 1. The fraction of sp³-hybridized carbons (Fsp3) is 0.188. The first-order valence-corrected chi connectivity index (χ1v) is 7.68. The Balaban J connectivity index is 2.11. The second-order valence-corrected chi connectivity index (χ2v) is 5.57. The lowest BCUT2D eigenvalue weighted by Crippen LogP contribution is -2.27. The molecule has 0 saturated heterocycles. The van der Waals surface area contributed by atoms with Crippen molar-refractivity contribution in [1.82, 2.24) is 0 Å². The van der Waals surface area contributed by atoms with E-state index in [0.717, 1.165) is 5.56 Å². The van der Waals surface area contributed by atoms with E-state index >= 15 is 0 Å². The monoisotopic (exact) mass is 303 g/mol. The Bertz CT molecular complexity index is 626. The van der Waals surface area contributed by atoms with Crippen molar-refractivity contribution in [2.45, 2.75) is 13.3 Å². The second kappa shape index (κ2) is 7.15. The molecule has 1 N–H and O–H groups in total. The maximum absolute atomic E-state index is 11.5. The van der Waals surface area contributed by atoms with Gasteiger partial charge in [-0.15, -0.1) is 0 Å². The van der Waals surface area contributed by atoms with Gasteiger partial charge in [0.2, 0.25) is 0 Å². The Morgan fingerprint density at radius 2 is 1.71 bits per heavy atom. The number of nitrogens with zero attached hydrogens (tertiary/aromatic N) is 1. The van der Waals surface area contributed by atoms with Gasteiger partial charge in [-0.3, -0.25) is 13.7 Å². The molecule has 0 heterocycles. The maximum Gasteiger partial charge on any atom is 0.261 e. The SMILES string of the molecule is CC(=O)c1ccc(N(CCc2ccccc2)S(=O)O)cc1. The average molecular weight is 303 g/mol. The average Bonchev–Trinajstić information content (AvgIpc) is 2.48. The fourth-order valence-electron chi connectivity index (χ4n) is 2.04. The molecule has 21 heavy (non-hydrogen) atoms. The maximum atomic E-state index is 11.5. The minimum atomic E-state index is -2.10. The van der Waals surface area contributed by atoms with Gasteiger partial charge in [0.25, 0.3) is 11.3 Å². The summed E-state index contributed by atoms with van der Waals surface area (Å²) < 4.78 is 22.4. The number of carbonyl (C=O) groups excluding carboxylic acids is 1. The molecule has 0 aliphatic carbocycles. The molecule has 4 nitrogen and oxygen atoms in total. The molecule has 2 aromatic rings. The lowest BCUT2D eigenvalue weighted by atomic mass is 10.1. The van der Waals surface area contributed by atoms with Gasteiger partial charge in [-0.25, -0.2) is 4.21 Å². The minimum absolute atomic E-state index is 0.0255. The second-order valence-electron chi connectivity index (χ2n) is 4.67. The van der Waals surface area contributed by atoms with Crippen LogP contribution in [0.15, 0.2) is 54.6 Å². The third-order valence-electron chi connectivity index (χ3n) is 3.20. The Labute approximate surface area is 126 Å². The van der Waals surface area contributed by atoms with E-state index in [1.54, 1.807) is 24.3 Å². The van der Waals surface area contributed by atoms with Crippen LogP contribution in [0.25, 0.3) is 0 Å². The predicted molar refractivity (Wildman–Crippen MR) is 84.7 cm³/mol. The lowest BCUT2D eigenvalue weighted by molar-refractivity contribution is 0.101. The van der Waals surface area contributed by atoms with Gasteiger partial charge in [0.05, 0.1) is 5.69 Å². The minimum Gasteiger partial charge on any atom is -0.295 e. The fourth-order valence-corrected chi connectivity index (χ4v) is 2.58. The summed E-state index contributed by atoms with van der Waals surface area (Å²) in [5, 5.41) is 0. The summed E-state index contributed by atoms with van der Waals surface area (Å²) in [6.45, 7) is 1.92. The highest BCUT2D eigenvalue weighted by Gasteiger charge is 2.12. The quantitative estimate of drug-likeness (QED) is 0.659. The van der Waals surface area contributed by atoms with Gasteiger partial charge in [-0.2, -0.15) is 0 Å². The summed E-state index contributed by atoms with van der Waals surface area (Å²) in [5.41, 5.74) is 2.32. The lowest BCUT2D eigenvalue weighted by Gasteiger charge is -2.20. The van der Waals surface area contributed by atoms with Crippen molar-refractivity contribution >= 4 is 22.7 Å². The molecule has 5 heteroatoms. The zero-order chi connectivity index (χ0) is 15.2. The van der Waals surface area contributed by atoms with Crippen LogP contribution < -0.4 is 4.31 Å². The molecule has 0 amide bonds. The van der Waals surface area contributed by atoms with Crippen LogP contribution in [0.5, 0.6) is 0 Å². The molecule has 1 atom stereocenters. The third-order valence-corrected chi connectivity index (χ3v) is 3.97. The van der Waals surface area contributed by atoms with E-state index in [1.807, 2.05) is 30.3 Å². The van der Waals surface area contributed by atoms with E-state index < -0.39 is 11.3 Å². The highest BCUT2D eigenvalue weighted by atomic mass is 32.2. The van der Waals surface area contributed by atoms with E-state index in [-0.39, 0.29) is 5.78 Å². The van der Waals surface area contributed by atoms with Crippen LogP contribution in [0.1, 0.15) is 22.8 Å². The van der Waals surface area contributed by atoms with Gasteiger partial charge in [0, 0.05) is 12.1 Å². The molecular formula is C16H17NO3S. The highest BCUT2D eigenvalue weighted by molar-refractivity contribution is 7.80. The summed E-state index contributed by atoms with van der Waals surface area (Å²) in [6, 6.07) is 16.5. The molecule has 0 fully saturated rings. The third kappa shape index (κ3) is 4.24. The van der Waals surface area contributed by atoms with Crippen molar-refractivity contribution in [2.75, 3.05) is 10.8 Å². The molecule has 0 saturated carbocycles. The number of ketones is 1. The van der Waals surface area contributed by atoms with Crippen molar-refractivity contribution in [3.8, 4) is 0 Å². The summed E-state index contributed by atoms with van der Waals surface area (Å²) >= 11 is -2.10. The van der Waals surface area contributed by atoms with Crippen LogP contribution in [0.4, 0.5) is 5.69 Å². The largest absolute Gasteiger partial charge is 0.295 e. The van der Waals surface area contributed by atoms with Crippen LogP contribution in [-0.4, -0.2) is 21.1 Å². The normalized spacial score (nSPS) is 11.9. The smallest absolute Gasteiger partial charge is 0.261 e. The molecule has 2 aromatic carbocycles. The Morgan fingerprint density at radius 3 is 2.24 bits per heavy atom. The van der Waals surface area contributed by atoms with Crippen molar-refractivity contribution in [1.29, 1.82) is 0 Å². The van der Waals surface area contributed by atoms with E-state index in [0.29, 0.717) is 24.2 Å². The standard InChI is InChI=1S/C16H17NO3S/c1-13(18)15-7-9-16(10-8-15)17(21(19)20)12-11-14-5-3-2-4-6-14/h2-10H,11-12H2,1H3,(H,19,20). The first-order chi connectivity index (χ1) is 10.1. The molecule has 110 valence electrons. The van der Waals surface area contributed by atoms with Crippen molar-refractivity contribution in [3.05, 3.63) is 65.7 Å². The summed E-state index contributed by atoms with van der Waals surface area (Å²) in [4.78, 5) is 11.2. The van der Waals surface area contributed by atoms with Gasteiger partial charge in [-0.05, 0) is 43.2 Å². The van der Waals surface area contributed by atoms with Crippen LogP contribution in [0, 0.1) is 0 Å². The molecule has 0 aliphatic rings. The van der Waals surface area contributed by atoms with E-state index in [9.17, 15) is 13.6 Å². The van der Waals surface area contributed by atoms with Gasteiger partial charge in [-0.1, -0.05) is 30.3 Å². The predicted octanol–water partition coefficient (Wildman–Crippen LogP) is 3.08. The summed E-state index contributed by atoms with van der Waals surface area (Å²) in [6.07, 6.45) is 0.668. The topological polar surface area (TPSA) is 57.6 Å². The van der Waals surface area contributed by atoms with E-state index in [2.05, 4.69) is 0 Å². The Kier molecular flexibility index (Phi) is 5.25. The molecule has 2 rings (SSSR count). The number of hydrogen-bond acceptors (Lipinski definition) is 2. The molecule has 0 spiro atoms. The molecule has 0 aromatic heterocycles. The van der Waals surface area contributed by atoms with Crippen LogP contribution in [0.2, 0.25) is 0 Å². The van der Waals surface area contributed by atoms with Crippen molar-refractivity contribution < 1.29 is 13.6 Å². The van der Waals surface area contributed by atoms with Crippen LogP contribution >= 0.6 is 0 Å². The number of rotatable bonds is 6. The molecule has 0 radical (unpaired) electrons. The number of hydrogen-bond donors (Lipinski definition) is 1. The van der Waals surface area contributed by atoms with E-state index in [1.165, 1.54) is 11.2 Å². The molecule has 0 aliphatic heterocycles. The van der Waals surface area contributed by atoms with Crippen molar-refractivity contribution in [2.24, 2.45) is 0 Å². The summed E-state index contributed by atoms with van der Waals surface area (Å²) in [5.74, 6) is -0.0255. The molecule has 0 bridgehead atoms. The zero-order valence-corrected chi connectivity index (χ0v) is 12.5. The highest BCUT2D eigenvalue weighted by Crippen LogP contribution is 2.17. The Morgan fingerprint density at radius 1 is 1.10 bits per heavy atom. The van der Waals surface area contributed by atoms with E-state index in [4.69, 9.17) is 0 Å². The molecular weight excluding hydrogens is 286 g/mol. The van der Waals surface area contributed by atoms with Crippen molar-refractivity contribution in [3.63, 3.8) is 0 Å².